The Bertz CT molecular complexity index is 169. The van der Waals surface area contributed by atoms with E-state index >= 15 is 0 Å². The van der Waals surface area contributed by atoms with Crippen molar-refractivity contribution in [2.24, 2.45) is 0 Å². The summed E-state index contributed by atoms with van der Waals surface area (Å²) in [5, 5.41) is 0. The first kappa shape index (κ1) is 16.6. The molecule has 15 heavy (non-hydrogen) atoms. The summed E-state index contributed by atoms with van der Waals surface area (Å²) in [4.78, 5) is 12.8. The molecule has 0 saturated heterocycles. The molecule has 0 unspecified atom stereocenters. The molecule has 90 valence electrons. The molecule has 3 nitrogen and oxygen atoms in total. The molecule has 0 spiro atoms. The topological polar surface area (TPSA) is 29.5 Å². The summed E-state index contributed by atoms with van der Waals surface area (Å²) in [5.74, 6) is -0.312. The highest BCUT2D eigenvalue weighted by atomic mass is 16.5. The third kappa shape index (κ3) is 11.1. The Hall–Kier alpha value is -0.830. The number of carbonyl (C=O) groups is 1. The van der Waals surface area contributed by atoms with Gasteiger partial charge in [-0.15, -0.1) is 0 Å². The molecule has 0 heterocycles. The largest absolute Gasteiger partial charge is 0.463 e. The molecular weight excluding hydrogens is 190 g/mol. The molecule has 0 aromatic carbocycles. The Morgan fingerprint density at radius 1 is 1.13 bits per heavy atom. The first-order valence-corrected chi connectivity index (χ1v) is 5.58. The van der Waals surface area contributed by atoms with Crippen molar-refractivity contribution >= 4 is 5.97 Å². The minimum absolute atomic E-state index is 0.312. The SMILES string of the molecule is C=C(C)C(=O)OCC.CCN(CC)CC. The van der Waals surface area contributed by atoms with Gasteiger partial charge in [0.15, 0.2) is 0 Å². The van der Waals surface area contributed by atoms with Crippen molar-refractivity contribution in [2.45, 2.75) is 34.6 Å². The summed E-state index contributed by atoms with van der Waals surface area (Å²) >= 11 is 0. The second-order valence-corrected chi connectivity index (χ2v) is 3.12. The van der Waals surface area contributed by atoms with Gasteiger partial charge >= 0.3 is 5.97 Å². The van der Waals surface area contributed by atoms with Crippen LogP contribution in [0.3, 0.4) is 0 Å². The highest BCUT2D eigenvalue weighted by molar-refractivity contribution is 5.86. The maximum Gasteiger partial charge on any atom is 0.333 e. The van der Waals surface area contributed by atoms with Crippen LogP contribution in [0.1, 0.15) is 34.6 Å². The Kier molecular flexibility index (Phi) is 12.4. The first-order chi connectivity index (χ1) is 7.03. The number of hydrogen-bond donors (Lipinski definition) is 0. The zero-order valence-corrected chi connectivity index (χ0v) is 10.8. The zero-order chi connectivity index (χ0) is 12.3. The van der Waals surface area contributed by atoms with Crippen molar-refractivity contribution in [1.82, 2.24) is 4.90 Å². The molecule has 0 N–H and O–H groups in total. The molecule has 0 aromatic rings. The summed E-state index contributed by atoms with van der Waals surface area (Å²) in [6.07, 6.45) is 0. The van der Waals surface area contributed by atoms with Crippen molar-refractivity contribution in [3.63, 3.8) is 0 Å². The van der Waals surface area contributed by atoms with Crippen LogP contribution in [-0.2, 0) is 9.53 Å². The Labute approximate surface area is 94.1 Å². The second kappa shape index (κ2) is 11.2. The average molecular weight is 215 g/mol. The average Bonchev–Trinajstić information content (AvgIpc) is 2.21. The summed E-state index contributed by atoms with van der Waals surface area (Å²) in [6, 6.07) is 0. The third-order valence-electron chi connectivity index (χ3n) is 1.97. The van der Waals surface area contributed by atoms with E-state index in [4.69, 9.17) is 0 Å². The van der Waals surface area contributed by atoms with Crippen molar-refractivity contribution in [3.8, 4) is 0 Å². The monoisotopic (exact) mass is 215 g/mol. The van der Waals surface area contributed by atoms with Gasteiger partial charge in [-0.3, -0.25) is 0 Å². The summed E-state index contributed by atoms with van der Waals surface area (Å²) in [6.45, 7) is 17.3. The van der Waals surface area contributed by atoms with Gasteiger partial charge < -0.3 is 9.64 Å². The molecule has 3 heteroatoms. The molecule has 0 aromatic heterocycles. The smallest absolute Gasteiger partial charge is 0.333 e. The molecule has 0 atom stereocenters. The quantitative estimate of drug-likeness (QED) is 0.521. The molecule has 0 rings (SSSR count). The predicted octanol–water partition coefficient (Wildman–Crippen LogP) is 2.47. The normalized spacial score (nSPS) is 9.20. The minimum Gasteiger partial charge on any atom is -0.463 e. The lowest BCUT2D eigenvalue weighted by atomic mass is 10.4. The van der Waals surface area contributed by atoms with Gasteiger partial charge in [0.1, 0.15) is 0 Å². The van der Waals surface area contributed by atoms with E-state index in [-0.39, 0.29) is 5.97 Å². The molecule has 0 amide bonds. The summed E-state index contributed by atoms with van der Waals surface area (Å²) < 4.78 is 4.56. The van der Waals surface area contributed by atoms with Crippen LogP contribution < -0.4 is 0 Å². The van der Waals surface area contributed by atoms with Crippen LogP contribution in [-0.4, -0.2) is 37.1 Å². The van der Waals surface area contributed by atoms with E-state index in [0.717, 1.165) is 0 Å². The number of esters is 1. The lowest BCUT2D eigenvalue weighted by molar-refractivity contribution is -0.138. The Balaban J connectivity index is 0. The van der Waals surface area contributed by atoms with Crippen LogP contribution in [0.25, 0.3) is 0 Å². The van der Waals surface area contributed by atoms with E-state index in [1.54, 1.807) is 13.8 Å². The van der Waals surface area contributed by atoms with E-state index in [0.29, 0.717) is 12.2 Å². The fourth-order valence-electron chi connectivity index (χ4n) is 0.925. The number of ether oxygens (including phenoxy) is 1. The fraction of sp³-hybridized carbons (Fsp3) is 0.750. The van der Waals surface area contributed by atoms with E-state index in [1.807, 2.05) is 0 Å². The zero-order valence-electron chi connectivity index (χ0n) is 10.8. The van der Waals surface area contributed by atoms with E-state index in [2.05, 4.69) is 37.0 Å². The molecule has 0 aliphatic carbocycles. The van der Waals surface area contributed by atoms with Gasteiger partial charge in [-0.1, -0.05) is 27.4 Å². The van der Waals surface area contributed by atoms with Gasteiger partial charge in [-0.2, -0.15) is 0 Å². The number of hydrogen-bond acceptors (Lipinski definition) is 3. The standard InChI is InChI=1S/C6H15N.C6H10O2/c1-4-7(5-2)6-3;1-4-8-6(7)5(2)3/h4-6H2,1-3H3;2,4H2,1,3H3. The highest BCUT2D eigenvalue weighted by Crippen LogP contribution is 1.89. The molecule has 0 radical (unpaired) electrons. The van der Waals surface area contributed by atoms with E-state index in [1.165, 1.54) is 19.6 Å². The number of carbonyl (C=O) groups excluding carboxylic acids is 1. The van der Waals surface area contributed by atoms with Crippen LogP contribution in [0.5, 0.6) is 0 Å². The summed E-state index contributed by atoms with van der Waals surface area (Å²) in [5.41, 5.74) is 0.451. The van der Waals surface area contributed by atoms with Gasteiger partial charge in [0.25, 0.3) is 0 Å². The first-order valence-electron chi connectivity index (χ1n) is 5.58. The number of rotatable bonds is 5. The van der Waals surface area contributed by atoms with Crippen molar-refractivity contribution < 1.29 is 9.53 Å². The van der Waals surface area contributed by atoms with Crippen molar-refractivity contribution in [3.05, 3.63) is 12.2 Å². The predicted molar refractivity (Wildman–Crippen MR) is 64.9 cm³/mol. The molecule has 0 fully saturated rings. The fourth-order valence-corrected chi connectivity index (χ4v) is 0.925. The van der Waals surface area contributed by atoms with Crippen LogP contribution >= 0.6 is 0 Å². The third-order valence-corrected chi connectivity index (χ3v) is 1.97. The minimum atomic E-state index is -0.312. The van der Waals surface area contributed by atoms with Crippen LogP contribution in [0.4, 0.5) is 0 Å². The highest BCUT2D eigenvalue weighted by Gasteiger charge is 1.98. The van der Waals surface area contributed by atoms with E-state index < -0.39 is 0 Å². The molecular formula is C12H25NO2. The van der Waals surface area contributed by atoms with Gasteiger partial charge in [-0.05, 0) is 33.5 Å². The van der Waals surface area contributed by atoms with Crippen molar-refractivity contribution in [1.29, 1.82) is 0 Å². The molecule has 0 saturated carbocycles. The van der Waals surface area contributed by atoms with E-state index in [9.17, 15) is 4.79 Å². The maximum atomic E-state index is 10.4. The van der Waals surface area contributed by atoms with Gasteiger partial charge in [0.2, 0.25) is 0 Å². The van der Waals surface area contributed by atoms with Gasteiger partial charge in [0.05, 0.1) is 6.61 Å². The maximum absolute atomic E-state index is 10.4. The Morgan fingerprint density at radius 3 is 1.60 bits per heavy atom. The Morgan fingerprint density at radius 2 is 1.53 bits per heavy atom. The van der Waals surface area contributed by atoms with Crippen molar-refractivity contribution in [2.75, 3.05) is 26.2 Å². The number of nitrogens with zero attached hydrogens (tertiary/aromatic N) is 1. The lowest BCUT2D eigenvalue weighted by Gasteiger charge is -2.13. The lowest BCUT2D eigenvalue weighted by Crippen LogP contribution is -2.21. The molecule has 0 aliphatic heterocycles. The van der Waals surface area contributed by atoms with Crippen LogP contribution in [0.15, 0.2) is 12.2 Å². The second-order valence-electron chi connectivity index (χ2n) is 3.12. The summed E-state index contributed by atoms with van der Waals surface area (Å²) in [7, 11) is 0. The molecule has 0 aliphatic rings. The van der Waals surface area contributed by atoms with Gasteiger partial charge in [0, 0.05) is 5.57 Å². The van der Waals surface area contributed by atoms with Gasteiger partial charge in [-0.25, -0.2) is 4.79 Å². The van der Waals surface area contributed by atoms with Crippen LogP contribution in [0, 0.1) is 0 Å². The molecule has 0 bridgehead atoms. The van der Waals surface area contributed by atoms with Crippen LogP contribution in [0.2, 0.25) is 0 Å².